The predicted molar refractivity (Wildman–Crippen MR) is 99.7 cm³/mol. The molecule has 1 N–H and O–H groups in total. The molecule has 28 heavy (non-hydrogen) atoms. The summed E-state index contributed by atoms with van der Waals surface area (Å²) in [6.45, 7) is 0.756. The molecule has 3 amide bonds. The molecule has 7 heteroatoms. The standard InChI is InChI=1S/C21H20N2O5/c24-19-15-8-4-5-9-16(15)20(25)23(19)18-10-11-27-13-17(18)22-21(26)28-12-14-6-2-1-3-7-14/h1-9,17-18H,10-13H2,(H,22,26)/t17-,18-/m1/s1. The molecule has 2 atom stereocenters. The molecule has 0 bridgehead atoms. The quantitative estimate of drug-likeness (QED) is 0.823. The maximum atomic E-state index is 12.8. The van der Waals surface area contributed by atoms with Crippen LogP contribution in [0.5, 0.6) is 0 Å². The fraction of sp³-hybridized carbons (Fsp3) is 0.286. The van der Waals surface area contributed by atoms with Crippen molar-refractivity contribution in [2.45, 2.75) is 25.1 Å². The Bertz CT molecular complexity index is 864. The van der Waals surface area contributed by atoms with Crippen molar-refractivity contribution in [1.82, 2.24) is 10.2 Å². The minimum atomic E-state index is -0.610. The van der Waals surface area contributed by atoms with Crippen molar-refractivity contribution < 1.29 is 23.9 Å². The second-order valence-electron chi connectivity index (χ2n) is 6.77. The monoisotopic (exact) mass is 380 g/mol. The Morgan fingerprint density at radius 2 is 1.68 bits per heavy atom. The van der Waals surface area contributed by atoms with Crippen molar-refractivity contribution in [3.05, 3.63) is 71.3 Å². The van der Waals surface area contributed by atoms with E-state index < -0.39 is 18.2 Å². The molecule has 2 aromatic rings. The van der Waals surface area contributed by atoms with E-state index in [9.17, 15) is 14.4 Å². The number of rotatable bonds is 4. The van der Waals surface area contributed by atoms with Gasteiger partial charge in [0.05, 0.1) is 29.8 Å². The van der Waals surface area contributed by atoms with E-state index in [0.29, 0.717) is 24.2 Å². The second-order valence-corrected chi connectivity index (χ2v) is 6.77. The number of carbonyl (C=O) groups is 3. The van der Waals surface area contributed by atoms with Gasteiger partial charge in [-0.1, -0.05) is 42.5 Å². The first-order chi connectivity index (χ1) is 13.6. The van der Waals surface area contributed by atoms with Crippen LogP contribution in [0.4, 0.5) is 4.79 Å². The zero-order valence-electron chi connectivity index (χ0n) is 15.2. The molecule has 0 spiro atoms. The summed E-state index contributed by atoms with van der Waals surface area (Å²) in [5.41, 5.74) is 1.66. The van der Waals surface area contributed by atoms with Crippen LogP contribution in [0.15, 0.2) is 54.6 Å². The molecule has 2 heterocycles. The van der Waals surface area contributed by atoms with Gasteiger partial charge in [0, 0.05) is 6.61 Å². The Kier molecular flexibility index (Phi) is 5.08. The Balaban J connectivity index is 1.44. The van der Waals surface area contributed by atoms with Gasteiger partial charge in [-0.15, -0.1) is 0 Å². The second kappa shape index (κ2) is 7.82. The molecule has 2 aromatic carbocycles. The Morgan fingerprint density at radius 3 is 2.36 bits per heavy atom. The lowest BCUT2D eigenvalue weighted by atomic mass is 10.0. The van der Waals surface area contributed by atoms with Crippen molar-refractivity contribution in [3.8, 4) is 0 Å². The number of fused-ring (bicyclic) bond motifs is 1. The molecule has 1 saturated heterocycles. The van der Waals surface area contributed by atoms with Gasteiger partial charge in [-0.05, 0) is 24.1 Å². The molecule has 7 nitrogen and oxygen atoms in total. The van der Waals surface area contributed by atoms with E-state index in [0.717, 1.165) is 5.56 Å². The van der Waals surface area contributed by atoms with Gasteiger partial charge in [-0.25, -0.2) is 4.79 Å². The molecule has 1 fully saturated rings. The highest BCUT2D eigenvalue weighted by Crippen LogP contribution is 2.28. The first-order valence-electron chi connectivity index (χ1n) is 9.17. The van der Waals surface area contributed by atoms with Crippen LogP contribution in [0.2, 0.25) is 0 Å². The molecule has 0 aliphatic carbocycles. The number of hydrogen-bond acceptors (Lipinski definition) is 5. The molecule has 144 valence electrons. The Morgan fingerprint density at radius 1 is 1.04 bits per heavy atom. The van der Waals surface area contributed by atoms with Crippen LogP contribution in [-0.2, 0) is 16.1 Å². The van der Waals surface area contributed by atoms with Gasteiger partial charge in [0.2, 0.25) is 0 Å². The molecule has 0 unspecified atom stereocenters. The highest BCUT2D eigenvalue weighted by Gasteiger charge is 2.44. The lowest BCUT2D eigenvalue weighted by molar-refractivity contribution is 0.0100. The van der Waals surface area contributed by atoms with Gasteiger partial charge in [0.15, 0.2) is 0 Å². The summed E-state index contributed by atoms with van der Waals surface area (Å²) in [5.74, 6) is -0.672. The smallest absolute Gasteiger partial charge is 0.407 e. The predicted octanol–water partition coefficient (Wildman–Crippen LogP) is 2.37. The first-order valence-corrected chi connectivity index (χ1v) is 9.17. The van der Waals surface area contributed by atoms with E-state index in [1.165, 1.54) is 4.90 Å². The first kappa shape index (κ1) is 18.2. The summed E-state index contributed by atoms with van der Waals surface area (Å²) in [4.78, 5) is 39.0. The number of nitrogens with one attached hydrogen (secondary N) is 1. The van der Waals surface area contributed by atoms with E-state index in [4.69, 9.17) is 9.47 Å². The van der Waals surface area contributed by atoms with Crippen molar-refractivity contribution in [2.24, 2.45) is 0 Å². The molecule has 4 rings (SSSR count). The van der Waals surface area contributed by atoms with E-state index in [-0.39, 0.29) is 25.0 Å². The van der Waals surface area contributed by atoms with E-state index in [1.807, 2.05) is 30.3 Å². The minimum absolute atomic E-state index is 0.137. The third-order valence-electron chi connectivity index (χ3n) is 4.99. The van der Waals surface area contributed by atoms with Crippen LogP contribution in [-0.4, -0.2) is 48.1 Å². The third kappa shape index (κ3) is 3.48. The fourth-order valence-corrected chi connectivity index (χ4v) is 3.60. The minimum Gasteiger partial charge on any atom is -0.445 e. The summed E-state index contributed by atoms with van der Waals surface area (Å²) < 4.78 is 10.7. The van der Waals surface area contributed by atoms with Crippen LogP contribution in [0.1, 0.15) is 32.7 Å². The topological polar surface area (TPSA) is 84.9 Å². The number of carbonyl (C=O) groups excluding carboxylic acids is 3. The van der Waals surface area contributed by atoms with Crippen LogP contribution < -0.4 is 5.32 Å². The number of ether oxygens (including phenoxy) is 2. The van der Waals surface area contributed by atoms with E-state index in [2.05, 4.69) is 5.32 Å². The summed E-state index contributed by atoms with van der Waals surface area (Å²) in [6.07, 6.45) is -0.157. The van der Waals surface area contributed by atoms with Crippen LogP contribution in [0, 0.1) is 0 Å². The lowest BCUT2D eigenvalue weighted by Crippen LogP contribution is -2.58. The zero-order valence-corrected chi connectivity index (χ0v) is 15.2. The van der Waals surface area contributed by atoms with Crippen molar-refractivity contribution in [1.29, 1.82) is 0 Å². The molecule has 0 saturated carbocycles. The van der Waals surface area contributed by atoms with E-state index in [1.54, 1.807) is 24.3 Å². The highest BCUT2D eigenvalue weighted by molar-refractivity contribution is 6.21. The van der Waals surface area contributed by atoms with Crippen LogP contribution >= 0.6 is 0 Å². The number of hydrogen-bond donors (Lipinski definition) is 1. The van der Waals surface area contributed by atoms with Crippen molar-refractivity contribution >= 4 is 17.9 Å². The molecular weight excluding hydrogens is 360 g/mol. The lowest BCUT2D eigenvalue weighted by Gasteiger charge is -2.36. The van der Waals surface area contributed by atoms with Crippen LogP contribution in [0.25, 0.3) is 0 Å². The average Bonchev–Trinajstić information content (AvgIpc) is 2.98. The molecule has 0 radical (unpaired) electrons. The number of amides is 3. The third-order valence-corrected chi connectivity index (χ3v) is 4.99. The summed E-state index contributed by atoms with van der Waals surface area (Å²) in [5, 5.41) is 2.75. The fourth-order valence-electron chi connectivity index (χ4n) is 3.60. The molecule has 2 aliphatic heterocycles. The number of benzene rings is 2. The van der Waals surface area contributed by atoms with Gasteiger partial charge in [0.25, 0.3) is 11.8 Å². The number of nitrogens with zero attached hydrogens (tertiary/aromatic N) is 1. The van der Waals surface area contributed by atoms with Crippen LogP contribution in [0.3, 0.4) is 0 Å². The van der Waals surface area contributed by atoms with Crippen molar-refractivity contribution in [3.63, 3.8) is 0 Å². The summed E-state index contributed by atoms with van der Waals surface area (Å²) >= 11 is 0. The van der Waals surface area contributed by atoms with Gasteiger partial charge in [0.1, 0.15) is 6.61 Å². The molecule has 0 aromatic heterocycles. The number of imide groups is 1. The summed E-state index contributed by atoms with van der Waals surface area (Å²) in [6, 6.07) is 15.1. The Hall–Kier alpha value is -3.19. The van der Waals surface area contributed by atoms with Gasteiger partial charge in [-0.2, -0.15) is 0 Å². The zero-order chi connectivity index (χ0) is 19.5. The summed E-state index contributed by atoms with van der Waals surface area (Å²) in [7, 11) is 0. The number of alkyl carbamates (subject to hydrolysis) is 1. The average molecular weight is 380 g/mol. The van der Waals surface area contributed by atoms with Crippen molar-refractivity contribution in [2.75, 3.05) is 13.2 Å². The SMILES string of the molecule is O=C(N[C@@H]1COCC[C@H]1N1C(=O)c2ccccc2C1=O)OCc1ccccc1. The normalized spacial score (nSPS) is 21.4. The van der Waals surface area contributed by atoms with Gasteiger partial charge >= 0.3 is 6.09 Å². The van der Waals surface area contributed by atoms with E-state index >= 15 is 0 Å². The molecule has 2 aliphatic rings. The molecular formula is C21H20N2O5. The maximum absolute atomic E-state index is 12.8. The van der Waals surface area contributed by atoms with Gasteiger partial charge < -0.3 is 14.8 Å². The largest absolute Gasteiger partial charge is 0.445 e. The Labute approximate surface area is 162 Å². The van der Waals surface area contributed by atoms with Gasteiger partial charge in [-0.3, -0.25) is 14.5 Å². The highest BCUT2D eigenvalue weighted by atomic mass is 16.5. The maximum Gasteiger partial charge on any atom is 0.407 e.